The van der Waals surface area contributed by atoms with E-state index in [1.807, 2.05) is 6.92 Å². The van der Waals surface area contributed by atoms with E-state index in [-0.39, 0.29) is 17.9 Å². The Balaban J connectivity index is 2.92. The summed E-state index contributed by atoms with van der Waals surface area (Å²) in [6.45, 7) is 4.21. The highest BCUT2D eigenvalue weighted by molar-refractivity contribution is 5.88. The van der Waals surface area contributed by atoms with Gasteiger partial charge in [-0.15, -0.1) is 0 Å². The van der Waals surface area contributed by atoms with Crippen LogP contribution in [0.1, 0.15) is 35.2 Å². The van der Waals surface area contributed by atoms with E-state index in [0.717, 1.165) is 6.42 Å². The Kier molecular flexibility index (Phi) is 4.19. The third-order valence-corrected chi connectivity index (χ3v) is 1.95. The molecule has 0 unspecified atom stereocenters. The number of hydrogen-bond donors (Lipinski definition) is 2. The molecule has 0 saturated heterocycles. The fourth-order valence-electron chi connectivity index (χ4n) is 1.28. The predicted octanol–water partition coefficient (Wildman–Crippen LogP) is 0.703. The molecule has 6 heteroatoms. The number of carboxylic acids is 1. The number of nitrogens with one attached hydrogen (secondary N) is 1. The van der Waals surface area contributed by atoms with Gasteiger partial charge in [-0.2, -0.15) is 0 Å². The molecule has 6 nitrogen and oxygen atoms in total. The average molecular weight is 226 g/mol. The van der Waals surface area contributed by atoms with Crippen LogP contribution in [0.15, 0.2) is 4.79 Å². The summed E-state index contributed by atoms with van der Waals surface area (Å²) in [7, 11) is 0. The van der Waals surface area contributed by atoms with Crippen molar-refractivity contribution < 1.29 is 14.6 Å². The molecule has 0 aliphatic carbocycles. The van der Waals surface area contributed by atoms with Gasteiger partial charge in [0.05, 0.1) is 5.69 Å². The van der Waals surface area contributed by atoms with Crippen molar-refractivity contribution in [3.05, 3.63) is 27.4 Å². The summed E-state index contributed by atoms with van der Waals surface area (Å²) in [4.78, 5) is 28.5. The third-order valence-electron chi connectivity index (χ3n) is 1.95. The minimum Gasteiger partial charge on any atom is -0.477 e. The number of H-pyrrole nitrogens is 1. The minimum absolute atomic E-state index is 0.184. The lowest BCUT2D eigenvalue weighted by Gasteiger charge is -2.04. The maximum Gasteiger partial charge on any atom is 0.343 e. The molecule has 0 aliphatic heterocycles. The Morgan fingerprint density at radius 2 is 2.25 bits per heavy atom. The van der Waals surface area contributed by atoms with Crippen molar-refractivity contribution >= 4 is 5.97 Å². The zero-order valence-corrected chi connectivity index (χ0v) is 9.24. The van der Waals surface area contributed by atoms with Crippen molar-refractivity contribution in [1.29, 1.82) is 0 Å². The highest BCUT2D eigenvalue weighted by Crippen LogP contribution is 2.00. The third kappa shape index (κ3) is 2.90. The summed E-state index contributed by atoms with van der Waals surface area (Å²) in [5.41, 5.74) is -0.763. The van der Waals surface area contributed by atoms with Crippen LogP contribution in [-0.2, 0) is 11.3 Å². The standard InChI is InChI=1S/C10H14N2O4/c1-3-4-16-5-7-11-6(2)8(10(14)15)9(13)12-7/h3-5H2,1-2H3,(H,14,15)(H,11,12,13). The van der Waals surface area contributed by atoms with Gasteiger partial charge in [0.2, 0.25) is 0 Å². The van der Waals surface area contributed by atoms with Gasteiger partial charge in [0.25, 0.3) is 5.56 Å². The summed E-state index contributed by atoms with van der Waals surface area (Å²) in [6.07, 6.45) is 0.871. The smallest absolute Gasteiger partial charge is 0.343 e. The Bertz CT molecular complexity index is 439. The lowest BCUT2D eigenvalue weighted by Crippen LogP contribution is -2.23. The summed E-state index contributed by atoms with van der Waals surface area (Å²) in [6, 6.07) is 0. The molecule has 1 heterocycles. The highest BCUT2D eigenvalue weighted by Gasteiger charge is 2.14. The van der Waals surface area contributed by atoms with Crippen LogP contribution in [0.5, 0.6) is 0 Å². The second-order valence-electron chi connectivity index (χ2n) is 3.33. The average Bonchev–Trinajstić information content (AvgIpc) is 2.16. The molecule has 1 rings (SSSR count). The first kappa shape index (κ1) is 12.4. The van der Waals surface area contributed by atoms with Gasteiger partial charge in [0, 0.05) is 6.61 Å². The number of aromatic nitrogens is 2. The lowest BCUT2D eigenvalue weighted by molar-refractivity contribution is 0.0692. The first-order chi connectivity index (χ1) is 7.56. The Hall–Kier alpha value is -1.69. The molecule has 0 spiro atoms. The van der Waals surface area contributed by atoms with Crippen molar-refractivity contribution in [1.82, 2.24) is 9.97 Å². The summed E-state index contributed by atoms with van der Waals surface area (Å²) in [5, 5.41) is 8.76. The molecule has 1 aromatic heterocycles. The van der Waals surface area contributed by atoms with Crippen molar-refractivity contribution in [2.75, 3.05) is 6.61 Å². The Morgan fingerprint density at radius 1 is 1.56 bits per heavy atom. The van der Waals surface area contributed by atoms with Crippen LogP contribution < -0.4 is 5.56 Å². The van der Waals surface area contributed by atoms with E-state index >= 15 is 0 Å². The molecule has 1 aromatic rings. The fraction of sp³-hybridized carbons (Fsp3) is 0.500. The molecule has 0 radical (unpaired) electrons. The van der Waals surface area contributed by atoms with E-state index in [1.54, 1.807) is 0 Å². The zero-order chi connectivity index (χ0) is 12.1. The van der Waals surface area contributed by atoms with Gasteiger partial charge in [-0.05, 0) is 13.3 Å². The molecule has 2 N–H and O–H groups in total. The molecule has 0 aromatic carbocycles. The van der Waals surface area contributed by atoms with E-state index in [1.165, 1.54) is 6.92 Å². The Labute approximate surface area is 92.3 Å². The molecule has 0 atom stereocenters. The number of ether oxygens (including phenoxy) is 1. The lowest BCUT2D eigenvalue weighted by atomic mass is 10.2. The molecule has 16 heavy (non-hydrogen) atoms. The largest absolute Gasteiger partial charge is 0.477 e. The van der Waals surface area contributed by atoms with E-state index in [4.69, 9.17) is 9.84 Å². The summed E-state index contributed by atoms with van der Waals surface area (Å²) in [5.74, 6) is -0.923. The Morgan fingerprint density at radius 3 is 2.75 bits per heavy atom. The molecular weight excluding hydrogens is 212 g/mol. The fourth-order valence-corrected chi connectivity index (χ4v) is 1.28. The van der Waals surface area contributed by atoms with Gasteiger partial charge in [0.1, 0.15) is 18.0 Å². The van der Waals surface area contributed by atoms with Gasteiger partial charge in [-0.25, -0.2) is 9.78 Å². The number of rotatable bonds is 5. The minimum atomic E-state index is -1.27. The second kappa shape index (κ2) is 5.41. The SMILES string of the molecule is CCCOCc1nc(C)c(C(=O)O)c(=O)[nH]1. The first-order valence-corrected chi connectivity index (χ1v) is 4.97. The number of aryl methyl sites for hydroxylation is 1. The van der Waals surface area contributed by atoms with Crippen molar-refractivity contribution in [3.8, 4) is 0 Å². The van der Waals surface area contributed by atoms with Gasteiger partial charge < -0.3 is 14.8 Å². The number of aromatic amines is 1. The molecule has 0 bridgehead atoms. The van der Waals surface area contributed by atoms with E-state index < -0.39 is 11.5 Å². The van der Waals surface area contributed by atoms with Gasteiger partial charge in [-0.1, -0.05) is 6.92 Å². The number of carbonyl (C=O) groups is 1. The van der Waals surface area contributed by atoms with Crippen molar-refractivity contribution in [2.45, 2.75) is 26.9 Å². The zero-order valence-electron chi connectivity index (χ0n) is 9.24. The second-order valence-corrected chi connectivity index (χ2v) is 3.33. The molecule has 0 saturated carbocycles. The predicted molar refractivity (Wildman–Crippen MR) is 56.5 cm³/mol. The van der Waals surface area contributed by atoms with Crippen molar-refractivity contribution in [2.24, 2.45) is 0 Å². The maximum absolute atomic E-state index is 11.4. The molecule has 0 amide bonds. The highest BCUT2D eigenvalue weighted by atomic mass is 16.5. The summed E-state index contributed by atoms with van der Waals surface area (Å²) < 4.78 is 5.20. The molecule has 0 fully saturated rings. The van der Waals surface area contributed by atoms with E-state index in [2.05, 4.69) is 9.97 Å². The van der Waals surface area contributed by atoms with Crippen LogP contribution in [0.3, 0.4) is 0 Å². The van der Waals surface area contributed by atoms with Crippen LogP contribution >= 0.6 is 0 Å². The number of carboxylic acid groups (broad SMARTS) is 1. The molecule has 88 valence electrons. The van der Waals surface area contributed by atoms with E-state index in [0.29, 0.717) is 12.4 Å². The molecular formula is C10H14N2O4. The maximum atomic E-state index is 11.4. The number of aromatic carboxylic acids is 1. The topological polar surface area (TPSA) is 92.3 Å². The van der Waals surface area contributed by atoms with Crippen LogP contribution in [0, 0.1) is 6.92 Å². The van der Waals surface area contributed by atoms with Gasteiger partial charge in [0.15, 0.2) is 0 Å². The quantitative estimate of drug-likeness (QED) is 0.721. The van der Waals surface area contributed by atoms with Crippen LogP contribution in [0.4, 0.5) is 0 Å². The van der Waals surface area contributed by atoms with Crippen LogP contribution in [0.25, 0.3) is 0 Å². The molecule has 0 aliphatic rings. The monoisotopic (exact) mass is 226 g/mol. The number of nitrogens with zero attached hydrogens (tertiary/aromatic N) is 1. The number of hydrogen-bond acceptors (Lipinski definition) is 4. The first-order valence-electron chi connectivity index (χ1n) is 4.97. The van der Waals surface area contributed by atoms with Gasteiger partial charge in [-0.3, -0.25) is 4.79 Å². The normalized spacial score (nSPS) is 10.4. The van der Waals surface area contributed by atoms with Gasteiger partial charge >= 0.3 is 5.97 Å². The van der Waals surface area contributed by atoms with E-state index in [9.17, 15) is 9.59 Å². The summed E-state index contributed by atoms with van der Waals surface area (Å²) >= 11 is 0. The van der Waals surface area contributed by atoms with Crippen LogP contribution in [0.2, 0.25) is 0 Å². The van der Waals surface area contributed by atoms with Crippen LogP contribution in [-0.4, -0.2) is 27.7 Å². The van der Waals surface area contributed by atoms with Crippen molar-refractivity contribution in [3.63, 3.8) is 0 Å².